The number of carbonyl (C=O) groups is 2. The molecule has 0 N–H and O–H groups in total. The number of rotatable bonds is 4. The maximum atomic E-state index is 13.8. The molecule has 1 spiro atoms. The number of piperazine rings is 1. The van der Waals surface area contributed by atoms with Crippen LogP contribution in [0, 0.1) is 0 Å². The molecule has 12 heteroatoms. The van der Waals surface area contributed by atoms with E-state index in [0.29, 0.717) is 37.5 Å². The van der Waals surface area contributed by atoms with Crippen molar-refractivity contribution in [2.45, 2.75) is 53.7 Å². The molecule has 1 atom stereocenters. The quantitative estimate of drug-likeness (QED) is 0.523. The van der Waals surface area contributed by atoms with Gasteiger partial charge in [0.2, 0.25) is 15.9 Å². The molecule has 212 valence electrons. The second-order valence-electron chi connectivity index (χ2n) is 11.5. The number of amides is 2. The van der Waals surface area contributed by atoms with E-state index in [9.17, 15) is 18.0 Å². The number of likely N-dealkylation sites (tertiary alicyclic amines) is 1. The number of fused-ring (bicyclic) bond motifs is 2. The molecular formula is C27H34ClN3O6S2. The zero-order valence-corrected chi connectivity index (χ0v) is 25.0. The fourth-order valence-electron chi connectivity index (χ4n) is 5.66. The molecule has 0 radical (unpaired) electrons. The van der Waals surface area contributed by atoms with Crippen LogP contribution in [0.2, 0.25) is 5.02 Å². The van der Waals surface area contributed by atoms with E-state index in [0.717, 1.165) is 10.8 Å². The Bertz CT molecular complexity index is 1400. The molecule has 2 amide bonds. The molecule has 3 fully saturated rings. The summed E-state index contributed by atoms with van der Waals surface area (Å²) in [6.45, 7) is 7.13. The second-order valence-corrected chi connectivity index (χ2v) is 15.7. The number of ether oxygens (including phenoxy) is 2. The average molecular weight is 596 g/mol. The van der Waals surface area contributed by atoms with Crippen molar-refractivity contribution in [1.29, 1.82) is 0 Å². The first-order valence-electron chi connectivity index (χ1n) is 12.9. The Morgan fingerprint density at radius 1 is 1.08 bits per heavy atom. The highest BCUT2D eigenvalue weighted by Crippen LogP contribution is 2.54. The van der Waals surface area contributed by atoms with Gasteiger partial charge in [0.15, 0.2) is 0 Å². The van der Waals surface area contributed by atoms with Crippen molar-refractivity contribution in [3.05, 3.63) is 41.4 Å². The van der Waals surface area contributed by atoms with E-state index in [2.05, 4.69) is 0 Å². The van der Waals surface area contributed by atoms with Gasteiger partial charge in [-0.1, -0.05) is 23.7 Å². The molecule has 3 aliphatic rings. The summed E-state index contributed by atoms with van der Waals surface area (Å²) in [5.41, 5.74) is -0.572. The van der Waals surface area contributed by atoms with Crippen LogP contribution in [0.5, 0.6) is 0 Å². The third-order valence-electron chi connectivity index (χ3n) is 7.49. The summed E-state index contributed by atoms with van der Waals surface area (Å²) >= 11 is 7.71. The first-order valence-corrected chi connectivity index (χ1v) is 15.6. The predicted octanol–water partition coefficient (Wildman–Crippen LogP) is 4.19. The molecule has 5 rings (SSSR count). The van der Waals surface area contributed by atoms with Crippen molar-refractivity contribution in [2.24, 2.45) is 0 Å². The number of nitrogens with zero attached hydrogens (tertiary/aromatic N) is 3. The smallest absolute Gasteiger partial charge is 0.410 e. The minimum absolute atomic E-state index is 0.121. The molecule has 9 nitrogen and oxygen atoms in total. The summed E-state index contributed by atoms with van der Waals surface area (Å²) in [5, 5.41) is 2.16. The van der Waals surface area contributed by atoms with Crippen LogP contribution >= 0.6 is 23.4 Å². The molecule has 1 unspecified atom stereocenters. The zero-order chi connectivity index (χ0) is 28.2. The third kappa shape index (κ3) is 5.48. The van der Waals surface area contributed by atoms with Gasteiger partial charge >= 0.3 is 6.09 Å². The lowest BCUT2D eigenvalue weighted by molar-refractivity contribution is -0.140. The maximum absolute atomic E-state index is 13.8. The molecule has 0 aliphatic carbocycles. The number of halogens is 1. The Hall–Kier alpha value is -2.05. The standard InChI is InChI=1S/C27H34ClN3O6S2/c1-25(2,3)37-24(33)29-11-9-26(10-12-29)16-31-23(32)15-30(17-27(31,38-26)18-36-4)39(34,35)22-8-6-19-13-21(28)7-5-20(19)14-22/h5-8,13-14H,9-12,15-18H2,1-4H3. The van der Waals surface area contributed by atoms with Crippen LogP contribution in [-0.4, -0.2) is 96.2 Å². The number of sulfonamides is 1. The first-order chi connectivity index (χ1) is 18.3. The van der Waals surface area contributed by atoms with Gasteiger partial charge in [0.05, 0.1) is 18.0 Å². The minimum Gasteiger partial charge on any atom is -0.444 e. The van der Waals surface area contributed by atoms with Crippen LogP contribution in [0.25, 0.3) is 10.8 Å². The van der Waals surface area contributed by atoms with Crippen molar-refractivity contribution in [3.8, 4) is 0 Å². The summed E-state index contributed by atoms with van der Waals surface area (Å²) < 4.78 is 39.7. The Morgan fingerprint density at radius 2 is 1.74 bits per heavy atom. The largest absolute Gasteiger partial charge is 0.444 e. The lowest BCUT2D eigenvalue weighted by Gasteiger charge is -2.44. The van der Waals surface area contributed by atoms with Gasteiger partial charge in [-0.05, 0) is 68.7 Å². The van der Waals surface area contributed by atoms with Crippen molar-refractivity contribution in [1.82, 2.24) is 14.1 Å². The van der Waals surface area contributed by atoms with Crippen molar-refractivity contribution < 1.29 is 27.5 Å². The predicted molar refractivity (Wildman–Crippen MR) is 151 cm³/mol. The summed E-state index contributed by atoms with van der Waals surface area (Å²) in [5.74, 6) is -0.242. The summed E-state index contributed by atoms with van der Waals surface area (Å²) in [6.07, 6.45) is 1.01. The second kappa shape index (κ2) is 10.1. The van der Waals surface area contributed by atoms with Crippen LogP contribution < -0.4 is 0 Å². The number of thioether (sulfide) groups is 1. The van der Waals surface area contributed by atoms with Gasteiger partial charge in [-0.15, -0.1) is 11.8 Å². The topological polar surface area (TPSA) is 96.5 Å². The van der Waals surface area contributed by atoms with Crippen LogP contribution in [0.3, 0.4) is 0 Å². The molecule has 2 aromatic rings. The van der Waals surface area contributed by atoms with E-state index >= 15 is 0 Å². The van der Waals surface area contributed by atoms with E-state index in [4.69, 9.17) is 21.1 Å². The molecule has 3 saturated heterocycles. The van der Waals surface area contributed by atoms with Gasteiger partial charge in [-0.25, -0.2) is 13.2 Å². The van der Waals surface area contributed by atoms with Gasteiger partial charge < -0.3 is 19.3 Å². The molecule has 0 bridgehead atoms. The van der Waals surface area contributed by atoms with Crippen LogP contribution in [0.15, 0.2) is 41.3 Å². The summed E-state index contributed by atoms with van der Waals surface area (Å²) in [6, 6.07) is 10.2. The van der Waals surface area contributed by atoms with E-state index < -0.39 is 20.5 Å². The number of hydrogen-bond donors (Lipinski definition) is 0. The van der Waals surface area contributed by atoms with Crippen LogP contribution in [0.4, 0.5) is 4.79 Å². The summed E-state index contributed by atoms with van der Waals surface area (Å²) in [7, 11) is -2.39. The number of methoxy groups -OCH3 is 1. The van der Waals surface area contributed by atoms with E-state index in [1.807, 2.05) is 20.8 Å². The molecule has 2 aromatic carbocycles. The van der Waals surface area contributed by atoms with Crippen molar-refractivity contribution >= 4 is 56.2 Å². The molecule has 3 aliphatic heterocycles. The SMILES string of the molecule is COCC12CN(S(=O)(=O)c3ccc4cc(Cl)ccc4c3)CC(=O)N1CC1(CCN(C(=O)OC(C)(C)C)CC1)S2. The van der Waals surface area contributed by atoms with E-state index in [1.54, 1.807) is 65.1 Å². The van der Waals surface area contributed by atoms with Gasteiger partial charge in [0, 0.05) is 43.1 Å². The van der Waals surface area contributed by atoms with Gasteiger partial charge in [-0.3, -0.25) is 4.79 Å². The number of hydrogen-bond acceptors (Lipinski definition) is 7. The minimum atomic E-state index is -3.96. The maximum Gasteiger partial charge on any atom is 0.410 e. The van der Waals surface area contributed by atoms with Crippen LogP contribution in [-0.2, 0) is 24.3 Å². The molecule has 0 aromatic heterocycles. The lowest BCUT2D eigenvalue weighted by Crippen LogP contribution is -2.63. The Kier molecular flexibility index (Phi) is 7.37. The molecule has 0 saturated carbocycles. The highest BCUT2D eigenvalue weighted by atomic mass is 35.5. The summed E-state index contributed by atoms with van der Waals surface area (Å²) in [4.78, 5) is 28.9. The monoisotopic (exact) mass is 595 g/mol. The Labute approximate surface area is 238 Å². The highest BCUT2D eigenvalue weighted by molar-refractivity contribution is 8.02. The average Bonchev–Trinajstić information content (AvgIpc) is 3.17. The van der Waals surface area contributed by atoms with Crippen molar-refractivity contribution in [2.75, 3.05) is 46.4 Å². The molecule has 3 heterocycles. The van der Waals surface area contributed by atoms with Gasteiger partial charge in [0.1, 0.15) is 10.5 Å². The molecular weight excluding hydrogens is 562 g/mol. The van der Waals surface area contributed by atoms with Crippen molar-refractivity contribution in [3.63, 3.8) is 0 Å². The highest BCUT2D eigenvalue weighted by Gasteiger charge is 2.60. The van der Waals surface area contributed by atoms with E-state index in [1.165, 1.54) is 4.31 Å². The Morgan fingerprint density at radius 3 is 2.41 bits per heavy atom. The number of carbonyl (C=O) groups excluding carboxylic acids is 2. The van der Waals surface area contributed by atoms with E-state index in [-0.39, 0.29) is 41.3 Å². The number of piperidine rings is 1. The Balaban J connectivity index is 1.38. The third-order valence-corrected chi connectivity index (χ3v) is 11.3. The normalized spacial score (nSPS) is 23.9. The van der Waals surface area contributed by atoms with Gasteiger partial charge in [-0.2, -0.15) is 4.31 Å². The lowest BCUT2D eigenvalue weighted by atomic mass is 9.94. The van der Waals surface area contributed by atoms with Crippen LogP contribution in [0.1, 0.15) is 33.6 Å². The zero-order valence-electron chi connectivity index (χ0n) is 22.6. The fourth-order valence-corrected chi connectivity index (χ4v) is 9.46. The first kappa shape index (κ1) is 28.5. The fraction of sp³-hybridized carbons (Fsp3) is 0.556. The van der Waals surface area contributed by atoms with Gasteiger partial charge in [0.25, 0.3) is 0 Å². The molecule has 39 heavy (non-hydrogen) atoms. The number of benzene rings is 2.